The maximum atomic E-state index is 5.09. The molecule has 1 heterocycles. The Hall–Kier alpha value is -0.320. The molecule has 0 unspecified atom stereocenters. The number of ether oxygens (including phenoxy) is 1. The topological polar surface area (TPSA) is 21.3 Å². The Balaban J connectivity index is 2.32. The highest BCUT2D eigenvalue weighted by Gasteiger charge is 1.98. The molecule has 0 aromatic carbocycles. The fourth-order valence-corrected chi connectivity index (χ4v) is 1.87. The zero-order valence-corrected chi connectivity index (χ0v) is 9.87. The van der Waals surface area contributed by atoms with Crippen molar-refractivity contribution in [2.75, 3.05) is 13.7 Å². The third-order valence-corrected chi connectivity index (χ3v) is 2.78. The molecule has 1 aromatic heterocycles. The van der Waals surface area contributed by atoms with Gasteiger partial charge in [-0.05, 0) is 12.1 Å². The Morgan fingerprint density at radius 3 is 3.00 bits per heavy atom. The number of rotatable bonds is 5. The summed E-state index contributed by atoms with van der Waals surface area (Å²) >= 11 is 4.94. The third-order valence-electron chi connectivity index (χ3n) is 1.45. The van der Waals surface area contributed by atoms with Crippen LogP contribution in [-0.2, 0) is 6.54 Å². The number of methoxy groups -OCH3 is 1. The van der Waals surface area contributed by atoms with Crippen molar-refractivity contribution in [2.45, 2.75) is 6.54 Å². The van der Waals surface area contributed by atoms with Crippen molar-refractivity contribution >= 4 is 27.3 Å². The van der Waals surface area contributed by atoms with E-state index in [1.54, 1.807) is 18.4 Å². The number of hydrogen-bond acceptors (Lipinski definition) is 3. The van der Waals surface area contributed by atoms with Crippen LogP contribution in [0.15, 0.2) is 23.2 Å². The standard InChI is InChI=1S/C9H12BrNOS/c1-7(10)5-11-6-8-3-4-9(12-2)13-8/h3-4,11H,1,5-6H2,2H3. The Kier molecular flexibility index (Phi) is 4.48. The molecule has 4 heteroatoms. The number of thiophene rings is 1. The van der Waals surface area contributed by atoms with E-state index in [2.05, 4.69) is 33.9 Å². The molecule has 0 atom stereocenters. The van der Waals surface area contributed by atoms with Gasteiger partial charge in [0.25, 0.3) is 0 Å². The molecule has 0 aliphatic heterocycles. The second kappa shape index (κ2) is 5.42. The summed E-state index contributed by atoms with van der Waals surface area (Å²) in [4.78, 5) is 1.27. The first-order valence-electron chi connectivity index (χ1n) is 3.89. The van der Waals surface area contributed by atoms with Gasteiger partial charge in [0.05, 0.1) is 7.11 Å². The lowest BCUT2D eigenvalue weighted by molar-refractivity contribution is 0.427. The summed E-state index contributed by atoms with van der Waals surface area (Å²) in [5.74, 6) is 0. The smallest absolute Gasteiger partial charge is 0.173 e. The molecule has 2 nitrogen and oxygen atoms in total. The van der Waals surface area contributed by atoms with E-state index in [4.69, 9.17) is 4.74 Å². The first kappa shape index (κ1) is 10.8. The molecular weight excluding hydrogens is 250 g/mol. The summed E-state index contributed by atoms with van der Waals surface area (Å²) in [5.41, 5.74) is 0. The van der Waals surface area contributed by atoms with Crippen LogP contribution in [0.25, 0.3) is 0 Å². The van der Waals surface area contributed by atoms with Gasteiger partial charge in [0.2, 0.25) is 0 Å². The largest absolute Gasteiger partial charge is 0.487 e. The molecule has 0 aliphatic rings. The van der Waals surface area contributed by atoms with Gasteiger partial charge in [0.15, 0.2) is 5.06 Å². The summed E-state index contributed by atoms with van der Waals surface area (Å²) < 4.78 is 6.05. The van der Waals surface area contributed by atoms with E-state index in [1.165, 1.54) is 4.88 Å². The Labute approximate surface area is 90.7 Å². The molecule has 0 fully saturated rings. The average Bonchev–Trinajstić information content (AvgIpc) is 2.52. The lowest BCUT2D eigenvalue weighted by Crippen LogP contribution is -2.13. The van der Waals surface area contributed by atoms with Crippen LogP contribution >= 0.6 is 27.3 Å². The van der Waals surface area contributed by atoms with Crippen molar-refractivity contribution < 1.29 is 4.74 Å². The lowest BCUT2D eigenvalue weighted by Gasteiger charge is -1.99. The van der Waals surface area contributed by atoms with Crippen LogP contribution in [0, 0.1) is 0 Å². The highest BCUT2D eigenvalue weighted by molar-refractivity contribution is 9.11. The number of halogens is 1. The van der Waals surface area contributed by atoms with Gasteiger partial charge < -0.3 is 10.1 Å². The van der Waals surface area contributed by atoms with Crippen LogP contribution in [0.2, 0.25) is 0 Å². The van der Waals surface area contributed by atoms with Gasteiger partial charge in [-0.1, -0.05) is 22.5 Å². The first-order chi connectivity index (χ1) is 6.22. The normalized spacial score (nSPS) is 10.0. The zero-order valence-electron chi connectivity index (χ0n) is 7.47. The van der Waals surface area contributed by atoms with Crippen molar-refractivity contribution in [2.24, 2.45) is 0 Å². The minimum absolute atomic E-state index is 0.792. The van der Waals surface area contributed by atoms with E-state index in [1.807, 2.05) is 6.07 Å². The fourth-order valence-electron chi connectivity index (χ4n) is 0.884. The molecule has 1 N–H and O–H groups in total. The second-order valence-corrected chi connectivity index (χ2v) is 4.80. The number of hydrogen-bond donors (Lipinski definition) is 1. The van der Waals surface area contributed by atoms with Crippen molar-refractivity contribution in [3.8, 4) is 5.06 Å². The molecule has 0 bridgehead atoms. The predicted molar refractivity (Wildman–Crippen MR) is 60.6 cm³/mol. The summed E-state index contributed by atoms with van der Waals surface area (Å²) in [6.07, 6.45) is 0. The minimum atomic E-state index is 0.792. The Morgan fingerprint density at radius 2 is 2.46 bits per heavy atom. The summed E-state index contributed by atoms with van der Waals surface area (Å²) in [5, 5.41) is 4.20. The molecule has 0 saturated carbocycles. The summed E-state index contributed by atoms with van der Waals surface area (Å²) in [7, 11) is 1.68. The van der Waals surface area contributed by atoms with Gasteiger partial charge in [0, 0.05) is 22.4 Å². The molecule has 0 saturated heterocycles. The van der Waals surface area contributed by atoms with Crippen molar-refractivity contribution in [3.63, 3.8) is 0 Å². The highest BCUT2D eigenvalue weighted by Crippen LogP contribution is 2.23. The molecule has 13 heavy (non-hydrogen) atoms. The van der Waals surface area contributed by atoms with E-state index < -0.39 is 0 Å². The van der Waals surface area contributed by atoms with Crippen LogP contribution in [0.1, 0.15) is 4.88 Å². The van der Waals surface area contributed by atoms with E-state index in [9.17, 15) is 0 Å². The SMILES string of the molecule is C=C(Br)CNCc1ccc(OC)s1. The highest BCUT2D eigenvalue weighted by atomic mass is 79.9. The molecule has 0 radical (unpaired) electrons. The van der Waals surface area contributed by atoms with Crippen LogP contribution in [0.3, 0.4) is 0 Å². The summed E-state index contributed by atoms with van der Waals surface area (Å²) in [6, 6.07) is 4.04. The maximum Gasteiger partial charge on any atom is 0.173 e. The third kappa shape index (κ3) is 3.93. The molecule has 0 spiro atoms. The van der Waals surface area contributed by atoms with E-state index >= 15 is 0 Å². The molecule has 0 aliphatic carbocycles. The molecular formula is C9H12BrNOS. The van der Waals surface area contributed by atoms with Gasteiger partial charge in [-0.15, -0.1) is 11.3 Å². The lowest BCUT2D eigenvalue weighted by atomic mass is 10.4. The van der Waals surface area contributed by atoms with Gasteiger partial charge in [0.1, 0.15) is 0 Å². The van der Waals surface area contributed by atoms with Crippen LogP contribution < -0.4 is 10.1 Å². The minimum Gasteiger partial charge on any atom is -0.487 e. The van der Waals surface area contributed by atoms with Gasteiger partial charge in [-0.2, -0.15) is 0 Å². The molecule has 1 aromatic rings. The van der Waals surface area contributed by atoms with E-state index in [-0.39, 0.29) is 0 Å². The Morgan fingerprint density at radius 1 is 1.69 bits per heavy atom. The molecule has 72 valence electrons. The van der Waals surface area contributed by atoms with Gasteiger partial charge >= 0.3 is 0 Å². The van der Waals surface area contributed by atoms with Crippen molar-refractivity contribution in [1.29, 1.82) is 0 Å². The van der Waals surface area contributed by atoms with Crippen molar-refractivity contribution in [1.82, 2.24) is 5.32 Å². The predicted octanol–water partition coefficient (Wildman–Crippen LogP) is 2.75. The molecule has 1 rings (SSSR count). The second-order valence-electron chi connectivity index (χ2n) is 2.55. The van der Waals surface area contributed by atoms with Gasteiger partial charge in [-0.3, -0.25) is 0 Å². The molecule has 0 amide bonds. The summed E-state index contributed by atoms with van der Waals surface area (Å²) in [6.45, 7) is 5.39. The average molecular weight is 262 g/mol. The van der Waals surface area contributed by atoms with Crippen LogP contribution in [-0.4, -0.2) is 13.7 Å². The fraction of sp³-hybridized carbons (Fsp3) is 0.333. The number of nitrogens with one attached hydrogen (secondary N) is 1. The van der Waals surface area contributed by atoms with E-state index in [0.29, 0.717) is 0 Å². The quantitative estimate of drug-likeness (QED) is 0.881. The van der Waals surface area contributed by atoms with E-state index in [0.717, 1.165) is 22.6 Å². The maximum absolute atomic E-state index is 5.09. The first-order valence-corrected chi connectivity index (χ1v) is 5.50. The van der Waals surface area contributed by atoms with Crippen LogP contribution in [0.4, 0.5) is 0 Å². The van der Waals surface area contributed by atoms with Crippen molar-refractivity contribution in [3.05, 3.63) is 28.1 Å². The monoisotopic (exact) mass is 261 g/mol. The van der Waals surface area contributed by atoms with Gasteiger partial charge in [-0.25, -0.2) is 0 Å². The Bertz CT molecular complexity index is 285. The zero-order chi connectivity index (χ0) is 9.68. The van der Waals surface area contributed by atoms with Crippen LogP contribution in [0.5, 0.6) is 5.06 Å².